The van der Waals surface area contributed by atoms with Gasteiger partial charge in [0, 0.05) is 21.5 Å². The van der Waals surface area contributed by atoms with E-state index >= 15 is 0 Å². The molecule has 5 heteroatoms. The van der Waals surface area contributed by atoms with Gasteiger partial charge in [-0.3, -0.25) is 5.10 Å². The molecule has 0 saturated heterocycles. The van der Waals surface area contributed by atoms with E-state index in [0.29, 0.717) is 11.5 Å². The van der Waals surface area contributed by atoms with Crippen LogP contribution in [0.4, 0.5) is 0 Å². The second kappa shape index (κ2) is 3.85. The molecule has 1 N–H and O–H groups in total. The number of fused-ring (bicyclic) bond motifs is 3. The lowest BCUT2D eigenvalue weighted by atomic mass is 10.1. The maximum absolute atomic E-state index is 11.8. The zero-order valence-electron chi connectivity index (χ0n) is 9.19. The Hall–Kier alpha value is -1.88. The Morgan fingerprint density at radius 3 is 3.18 bits per heavy atom. The van der Waals surface area contributed by atoms with Crippen molar-refractivity contribution in [3.63, 3.8) is 0 Å². The third-order valence-electron chi connectivity index (χ3n) is 2.66. The molecule has 17 heavy (non-hydrogen) atoms. The van der Waals surface area contributed by atoms with E-state index in [-0.39, 0.29) is 5.97 Å². The zero-order chi connectivity index (χ0) is 11.8. The molecule has 2 heterocycles. The first-order chi connectivity index (χ1) is 8.31. The Balaban J connectivity index is 2.25. The minimum atomic E-state index is -0.258. The molecule has 0 saturated carbocycles. The fraction of sp³-hybridized carbons (Fsp3) is 0.167. The van der Waals surface area contributed by atoms with Crippen molar-refractivity contribution in [2.45, 2.75) is 6.92 Å². The van der Waals surface area contributed by atoms with Gasteiger partial charge in [-0.15, -0.1) is 11.3 Å². The molecule has 86 valence electrons. The second-order valence-corrected chi connectivity index (χ2v) is 4.53. The fourth-order valence-corrected chi connectivity index (χ4v) is 2.83. The van der Waals surface area contributed by atoms with E-state index < -0.39 is 0 Å². The molecule has 0 fully saturated rings. The molecule has 0 atom stereocenters. The van der Waals surface area contributed by atoms with Crippen molar-refractivity contribution >= 4 is 39.0 Å². The van der Waals surface area contributed by atoms with Crippen molar-refractivity contribution < 1.29 is 9.53 Å². The van der Waals surface area contributed by atoms with Gasteiger partial charge in [-0.05, 0) is 6.92 Å². The number of nitrogens with zero attached hydrogens (tertiary/aromatic N) is 1. The van der Waals surface area contributed by atoms with Crippen LogP contribution < -0.4 is 0 Å². The number of hydrogen-bond acceptors (Lipinski definition) is 4. The summed E-state index contributed by atoms with van der Waals surface area (Å²) < 4.78 is 5.03. The number of aromatic amines is 1. The Kier molecular flexibility index (Phi) is 2.33. The van der Waals surface area contributed by atoms with Gasteiger partial charge >= 0.3 is 5.97 Å². The standard InChI is InChI=1S/C12H10N2O2S/c1-2-16-12(15)11-8-4-3-7-5-13-14-10(7)9(8)6-17-11/h3-6H,2H2,1H3,(H,13,14). The predicted molar refractivity (Wildman–Crippen MR) is 67.4 cm³/mol. The lowest BCUT2D eigenvalue weighted by molar-refractivity contribution is 0.0534. The summed E-state index contributed by atoms with van der Waals surface area (Å²) in [7, 11) is 0. The number of esters is 1. The average molecular weight is 246 g/mol. The predicted octanol–water partition coefficient (Wildman–Crippen LogP) is 2.95. The fourth-order valence-electron chi connectivity index (χ4n) is 1.89. The number of rotatable bonds is 2. The van der Waals surface area contributed by atoms with E-state index in [0.717, 1.165) is 21.7 Å². The van der Waals surface area contributed by atoms with Crippen molar-refractivity contribution in [1.29, 1.82) is 0 Å². The SMILES string of the molecule is CCOC(=O)c1scc2c1ccc1cn[nH]c12. The Labute approximate surface area is 101 Å². The molecule has 2 aromatic heterocycles. The Morgan fingerprint density at radius 1 is 1.47 bits per heavy atom. The molecule has 4 nitrogen and oxygen atoms in total. The summed E-state index contributed by atoms with van der Waals surface area (Å²) in [5.74, 6) is -0.258. The third-order valence-corrected chi connectivity index (χ3v) is 3.63. The van der Waals surface area contributed by atoms with Gasteiger partial charge in [0.05, 0.1) is 18.3 Å². The van der Waals surface area contributed by atoms with Gasteiger partial charge in [-0.2, -0.15) is 5.10 Å². The number of benzene rings is 1. The van der Waals surface area contributed by atoms with Crippen LogP contribution in [0, 0.1) is 0 Å². The quantitative estimate of drug-likeness (QED) is 0.707. The molecular formula is C12H10N2O2S. The third kappa shape index (κ3) is 1.51. The summed E-state index contributed by atoms with van der Waals surface area (Å²) in [5.41, 5.74) is 0.967. The maximum Gasteiger partial charge on any atom is 0.348 e. The number of hydrogen-bond donors (Lipinski definition) is 1. The van der Waals surface area contributed by atoms with Crippen molar-refractivity contribution in [3.8, 4) is 0 Å². The summed E-state index contributed by atoms with van der Waals surface area (Å²) in [5, 5.41) is 11.9. The zero-order valence-corrected chi connectivity index (χ0v) is 10.0. The van der Waals surface area contributed by atoms with Crippen LogP contribution >= 0.6 is 11.3 Å². The highest BCUT2D eigenvalue weighted by molar-refractivity contribution is 7.13. The van der Waals surface area contributed by atoms with Crippen molar-refractivity contribution in [1.82, 2.24) is 10.2 Å². The van der Waals surface area contributed by atoms with Crippen LogP contribution in [0.3, 0.4) is 0 Å². The van der Waals surface area contributed by atoms with E-state index in [1.165, 1.54) is 11.3 Å². The van der Waals surface area contributed by atoms with Gasteiger partial charge in [0.15, 0.2) is 0 Å². The molecule has 0 amide bonds. The maximum atomic E-state index is 11.8. The van der Waals surface area contributed by atoms with E-state index in [2.05, 4.69) is 10.2 Å². The summed E-state index contributed by atoms with van der Waals surface area (Å²) >= 11 is 1.41. The van der Waals surface area contributed by atoms with E-state index in [9.17, 15) is 4.79 Å². The van der Waals surface area contributed by atoms with E-state index in [4.69, 9.17) is 4.74 Å². The first kappa shape index (κ1) is 10.3. The number of carbonyl (C=O) groups excluding carboxylic acids is 1. The summed E-state index contributed by atoms with van der Waals surface area (Å²) in [6.45, 7) is 2.20. The van der Waals surface area contributed by atoms with E-state index in [1.807, 2.05) is 17.5 Å². The number of nitrogens with one attached hydrogen (secondary N) is 1. The number of ether oxygens (including phenoxy) is 1. The number of aromatic nitrogens is 2. The molecule has 1 aromatic carbocycles. The van der Waals surface area contributed by atoms with Gasteiger partial charge in [-0.1, -0.05) is 12.1 Å². The highest BCUT2D eigenvalue weighted by atomic mass is 32.1. The van der Waals surface area contributed by atoms with Crippen LogP contribution in [0.25, 0.3) is 21.7 Å². The van der Waals surface area contributed by atoms with Crippen LogP contribution in [0.15, 0.2) is 23.7 Å². The highest BCUT2D eigenvalue weighted by Crippen LogP contribution is 2.31. The number of carbonyl (C=O) groups is 1. The lowest BCUT2D eigenvalue weighted by Gasteiger charge is -1.99. The first-order valence-corrected chi connectivity index (χ1v) is 6.19. The molecule has 0 unspecified atom stereocenters. The summed E-state index contributed by atoms with van der Waals surface area (Å²) in [6, 6.07) is 3.90. The minimum absolute atomic E-state index is 0.258. The minimum Gasteiger partial charge on any atom is -0.462 e. The van der Waals surface area contributed by atoms with Crippen molar-refractivity contribution in [3.05, 3.63) is 28.6 Å². The first-order valence-electron chi connectivity index (χ1n) is 5.31. The van der Waals surface area contributed by atoms with Crippen LogP contribution in [0.1, 0.15) is 16.6 Å². The van der Waals surface area contributed by atoms with Crippen LogP contribution in [0.2, 0.25) is 0 Å². The molecule has 0 bridgehead atoms. The monoisotopic (exact) mass is 246 g/mol. The Bertz CT molecular complexity index is 699. The van der Waals surface area contributed by atoms with Gasteiger partial charge in [0.25, 0.3) is 0 Å². The van der Waals surface area contributed by atoms with Gasteiger partial charge in [-0.25, -0.2) is 4.79 Å². The van der Waals surface area contributed by atoms with Gasteiger partial charge < -0.3 is 4.74 Å². The number of thiophene rings is 1. The molecule has 0 spiro atoms. The summed E-state index contributed by atoms with van der Waals surface area (Å²) in [4.78, 5) is 12.4. The number of H-pyrrole nitrogens is 1. The van der Waals surface area contributed by atoms with Crippen molar-refractivity contribution in [2.75, 3.05) is 6.61 Å². The van der Waals surface area contributed by atoms with Crippen LogP contribution in [-0.4, -0.2) is 22.8 Å². The topological polar surface area (TPSA) is 55.0 Å². The Morgan fingerprint density at radius 2 is 2.35 bits per heavy atom. The normalized spacial score (nSPS) is 11.1. The smallest absolute Gasteiger partial charge is 0.348 e. The van der Waals surface area contributed by atoms with Crippen LogP contribution in [0.5, 0.6) is 0 Å². The van der Waals surface area contributed by atoms with Gasteiger partial charge in [0.2, 0.25) is 0 Å². The molecule has 0 radical (unpaired) electrons. The van der Waals surface area contributed by atoms with Crippen molar-refractivity contribution in [2.24, 2.45) is 0 Å². The highest BCUT2D eigenvalue weighted by Gasteiger charge is 2.15. The van der Waals surface area contributed by atoms with Gasteiger partial charge in [0.1, 0.15) is 4.88 Å². The second-order valence-electron chi connectivity index (χ2n) is 3.65. The lowest BCUT2D eigenvalue weighted by Crippen LogP contribution is -2.02. The molecule has 0 aliphatic carbocycles. The largest absolute Gasteiger partial charge is 0.462 e. The van der Waals surface area contributed by atoms with E-state index in [1.54, 1.807) is 13.1 Å². The summed E-state index contributed by atoms with van der Waals surface area (Å²) in [6.07, 6.45) is 1.77. The molecule has 3 aromatic rings. The molecular weight excluding hydrogens is 236 g/mol. The average Bonchev–Trinajstić information content (AvgIpc) is 2.94. The molecule has 3 rings (SSSR count). The molecule has 0 aliphatic rings. The van der Waals surface area contributed by atoms with Crippen LogP contribution in [-0.2, 0) is 4.74 Å². The molecule has 0 aliphatic heterocycles.